The fourth-order valence-electron chi connectivity index (χ4n) is 7.11. The number of aliphatic hydroxyl groups excluding tert-OH is 1. The van der Waals surface area contributed by atoms with Gasteiger partial charge in [-0.25, -0.2) is 4.57 Å². The maximum absolute atomic E-state index is 12.9. The Bertz CT molecular complexity index is 855. The van der Waals surface area contributed by atoms with Crippen molar-refractivity contribution in [2.24, 2.45) is 0 Å². The van der Waals surface area contributed by atoms with Crippen LogP contribution in [0.5, 0.6) is 0 Å². The maximum Gasteiger partial charge on any atom is 0.472 e. The summed E-state index contributed by atoms with van der Waals surface area (Å²) in [6, 6.07) is -0.752. The summed E-state index contributed by atoms with van der Waals surface area (Å²) in [5.74, 6) is -0.140. The highest BCUT2D eigenvalue weighted by molar-refractivity contribution is 7.47. The quantitative estimate of drug-likeness (QED) is 0.0323. The number of nitrogens with zero attached hydrogens (tertiary/aromatic N) is 1. The molecule has 1 amide bonds. The van der Waals surface area contributed by atoms with E-state index in [-0.39, 0.29) is 19.1 Å². The first kappa shape index (κ1) is 53.5. The molecular formula is C45H94N2O6P+. The molecule has 0 saturated heterocycles. The highest BCUT2D eigenvalue weighted by Gasteiger charge is 2.28. The molecule has 3 atom stereocenters. The molecule has 54 heavy (non-hydrogen) atoms. The summed E-state index contributed by atoms with van der Waals surface area (Å²) in [7, 11) is 1.63. The highest BCUT2D eigenvalue weighted by atomic mass is 31.2. The average molecular weight is 790 g/mol. The van der Waals surface area contributed by atoms with Crippen LogP contribution in [0.4, 0.5) is 0 Å². The Labute approximate surface area is 336 Å². The van der Waals surface area contributed by atoms with Gasteiger partial charge in [0.05, 0.1) is 39.9 Å². The highest BCUT2D eigenvalue weighted by Crippen LogP contribution is 2.43. The molecule has 0 saturated carbocycles. The Morgan fingerprint density at radius 3 is 1.24 bits per heavy atom. The van der Waals surface area contributed by atoms with Gasteiger partial charge in [0.2, 0.25) is 5.91 Å². The molecule has 0 bridgehead atoms. The van der Waals surface area contributed by atoms with Crippen LogP contribution in [0, 0.1) is 0 Å². The Kier molecular flexibility index (Phi) is 37.7. The fraction of sp³-hybridized carbons (Fsp3) is 0.978. The monoisotopic (exact) mass is 790 g/mol. The number of amides is 1. The van der Waals surface area contributed by atoms with Gasteiger partial charge >= 0.3 is 7.82 Å². The van der Waals surface area contributed by atoms with Gasteiger partial charge in [0, 0.05) is 6.42 Å². The van der Waals surface area contributed by atoms with Gasteiger partial charge in [-0.3, -0.25) is 13.8 Å². The number of hydrogen-bond donors (Lipinski definition) is 3. The molecule has 0 aromatic heterocycles. The third-order valence-corrected chi connectivity index (χ3v) is 11.8. The van der Waals surface area contributed by atoms with Crippen LogP contribution in [0.1, 0.15) is 232 Å². The van der Waals surface area contributed by atoms with Crippen molar-refractivity contribution in [1.82, 2.24) is 5.32 Å². The molecule has 1 unspecified atom stereocenters. The van der Waals surface area contributed by atoms with Crippen LogP contribution in [0.2, 0.25) is 0 Å². The number of nitrogens with one attached hydrogen (secondary N) is 1. The van der Waals surface area contributed by atoms with E-state index in [0.29, 0.717) is 23.9 Å². The van der Waals surface area contributed by atoms with Crippen LogP contribution in [-0.4, -0.2) is 73.4 Å². The van der Waals surface area contributed by atoms with Gasteiger partial charge in [0.15, 0.2) is 0 Å². The van der Waals surface area contributed by atoms with Crippen molar-refractivity contribution in [1.29, 1.82) is 0 Å². The first-order valence-corrected chi connectivity index (χ1v) is 24.9. The minimum atomic E-state index is -4.31. The molecule has 9 heteroatoms. The van der Waals surface area contributed by atoms with Gasteiger partial charge in [0.25, 0.3) is 0 Å². The van der Waals surface area contributed by atoms with Crippen LogP contribution in [-0.2, 0) is 18.4 Å². The third-order valence-electron chi connectivity index (χ3n) is 10.9. The van der Waals surface area contributed by atoms with Crippen molar-refractivity contribution in [2.75, 3.05) is 40.9 Å². The fourth-order valence-corrected chi connectivity index (χ4v) is 7.84. The van der Waals surface area contributed by atoms with Crippen LogP contribution in [0.3, 0.4) is 0 Å². The number of carbonyl (C=O) groups is 1. The number of aliphatic hydroxyl groups is 1. The van der Waals surface area contributed by atoms with E-state index in [1.165, 1.54) is 167 Å². The van der Waals surface area contributed by atoms with Gasteiger partial charge in [-0.2, -0.15) is 0 Å². The molecule has 0 spiro atoms. The van der Waals surface area contributed by atoms with Crippen molar-refractivity contribution in [3.8, 4) is 0 Å². The zero-order valence-corrected chi connectivity index (χ0v) is 37.6. The minimum absolute atomic E-state index is 0.0787. The largest absolute Gasteiger partial charge is 0.472 e. The Morgan fingerprint density at radius 2 is 0.889 bits per heavy atom. The second-order valence-electron chi connectivity index (χ2n) is 17.5. The molecule has 0 rings (SSSR count). The summed E-state index contributed by atoms with van der Waals surface area (Å²) >= 11 is 0. The Balaban J connectivity index is 4.30. The zero-order valence-electron chi connectivity index (χ0n) is 36.7. The van der Waals surface area contributed by atoms with Gasteiger partial charge in [0.1, 0.15) is 13.2 Å². The van der Waals surface area contributed by atoms with E-state index in [2.05, 4.69) is 19.2 Å². The molecule has 3 N–H and O–H groups in total. The van der Waals surface area contributed by atoms with Gasteiger partial charge in [-0.1, -0.05) is 213 Å². The molecule has 0 aromatic carbocycles. The number of unbranched alkanes of at least 4 members (excludes halogenated alkanes) is 30. The lowest BCUT2D eigenvalue weighted by molar-refractivity contribution is -0.870. The number of rotatable bonds is 43. The molecule has 0 aliphatic carbocycles. The molecule has 8 nitrogen and oxygen atoms in total. The lowest BCUT2D eigenvalue weighted by Crippen LogP contribution is -2.46. The SMILES string of the molecule is CCCCCCCCCCCCCCCCCCC[C@@H](O)[C@H](COP(=O)(O)OCC[N+](C)(C)C)NC(=O)CCCCCCCCCCCCCCCCC. The molecular weight excluding hydrogens is 695 g/mol. The predicted octanol–water partition coefficient (Wildman–Crippen LogP) is 13.0. The van der Waals surface area contributed by atoms with Crippen LogP contribution >= 0.6 is 7.82 Å². The number of likely N-dealkylation sites (N-methyl/N-ethyl adjacent to an activating group) is 1. The van der Waals surface area contributed by atoms with Crippen molar-refractivity contribution in [3.63, 3.8) is 0 Å². The van der Waals surface area contributed by atoms with Gasteiger partial charge < -0.3 is 19.8 Å². The summed E-state index contributed by atoms with van der Waals surface area (Å²) in [6.45, 7) is 4.91. The molecule has 0 radical (unpaired) electrons. The average Bonchev–Trinajstić information content (AvgIpc) is 3.12. The van der Waals surface area contributed by atoms with E-state index in [1.807, 2.05) is 21.1 Å². The summed E-state index contributed by atoms with van der Waals surface area (Å²) in [4.78, 5) is 23.2. The first-order valence-electron chi connectivity index (χ1n) is 23.4. The van der Waals surface area contributed by atoms with E-state index in [1.54, 1.807) is 0 Å². The molecule has 324 valence electrons. The maximum atomic E-state index is 12.9. The molecule has 0 aliphatic rings. The Hall–Kier alpha value is -0.500. The molecule has 0 heterocycles. The number of phosphoric ester groups is 1. The number of quaternary nitrogens is 1. The first-order chi connectivity index (χ1) is 26.0. The van der Waals surface area contributed by atoms with Gasteiger partial charge in [-0.05, 0) is 12.8 Å². The number of phosphoric acid groups is 1. The normalized spacial score (nSPS) is 14.3. The zero-order chi connectivity index (χ0) is 40.0. The molecule has 0 fully saturated rings. The van der Waals surface area contributed by atoms with E-state index in [0.717, 1.165) is 38.5 Å². The third kappa shape index (κ3) is 39.7. The second kappa shape index (κ2) is 38.0. The summed E-state index contributed by atoms with van der Waals surface area (Å²) in [5.41, 5.74) is 0. The number of hydrogen-bond acceptors (Lipinski definition) is 5. The van der Waals surface area contributed by atoms with Crippen molar-refractivity contribution in [2.45, 2.75) is 244 Å². The van der Waals surface area contributed by atoms with Crippen molar-refractivity contribution in [3.05, 3.63) is 0 Å². The smallest absolute Gasteiger partial charge is 0.391 e. The Morgan fingerprint density at radius 1 is 0.556 bits per heavy atom. The van der Waals surface area contributed by atoms with Gasteiger partial charge in [-0.15, -0.1) is 0 Å². The lowest BCUT2D eigenvalue weighted by atomic mass is 10.0. The van der Waals surface area contributed by atoms with E-state index >= 15 is 0 Å². The number of carbonyl (C=O) groups excluding carboxylic acids is 1. The van der Waals surface area contributed by atoms with Crippen molar-refractivity contribution < 1.29 is 32.9 Å². The molecule has 0 aromatic rings. The topological polar surface area (TPSA) is 105 Å². The predicted molar refractivity (Wildman–Crippen MR) is 231 cm³/mol. The summed E-state index contributed by atoms with van der Waals surface area (Å²) < 4.78 is 23.7. The van der Waals surface area contributed by atoms with Crippen LogP contribution in [0.25, 0.3) is 0 Å². The molecule has 0 aliphatic heterocycles. The van der Waals surface area contributed by atoms with E-state index in [9.17, 15) is 19.4 Å². The summed E-state index contributed by atoms with van der Waals surface area (Å²) in [5, 5.41) is 14.0. The van der Waals surface area contributed by atoms with Crippen molar-refractivity contribution >= 4 is 13.7 Å². The lowest BCUT2D eigenvalue weighted by Gasteiger charge is -2.26. The minimum Gasteiger partial charge on any atom is -0.391 e. The van der Waals surface area contributed by atoms with Crippen LogP contribution < -0.4 is 5.32 Å². The standard InChI is InChI=1S/C45H93N2O6P/c1-6-8-10-12-14-16-18-20-22-23-25-26-28-30-32-34-36-38-44(48)43(42-53-54(50,51)52-41-40-47(3,4)5)46-45(49)39-37-35-33-31-29-27-24-21-19-17-15-13-11-9-7-2/h43-44,48H,6-42H2,1-5H3,(H-,46,49,50,51)/p+1/t43-,44+/m0/s1. The van der Waals surface area contributed by atoms with Crippen LogP contribution in [0.15, 0.2) is 0 Å². The van der Waals surface area contributed by atoms with E-state index in [4.69, 9.17) is 9.05 Å². The summed E-state index contributed by atoms with van der Waals surface area (Å²) in [6.07, 6.45) is 41.2. The van der Waals surface area contributed by atoms with E-state index < -0.39 is 20.0 Å². The second-order valence-corrected chi connectivity index (χ2v) is 19.0.